The fourth-order valence-electron chi connectivity index (χ4n) is 5.37. The molecular formula is C31H29ClF2N2O2S. The largest absolute Gasteiger partial charge is 0.331 e. The molecule has 1 N–H and O–H groups in total. The smallest absolute Gasteiger partial charge is 0.266 e. The van der Waals surface area contributed by atoms with Crippen LogP contribution in [0.1, 0.15) is 58.2 Å². The Balaban J connectivity index is 1.51. The van der Waals surface area contributed by atoms with Gasteiger partial charge in [-0.3, -0.25) is 9.59 Å². The third kappa shape index (κ3) is 5.62. The summed E-state index contributed by atoms with van der Waals surface area (Å²) in [5.41, 5.74) is 3.40. The first kappa shape index (κ1) is 27.4. The number of nitrogens with zero attached hydrogens (tertiary/aromatic N) is 1. The second-order valence-electron chi connectivity index (χ2n) is 10.0. The van der Waals surface area contributed by atoms with E-state index >= 15 is 0 Å². The highest BCUT2D eigenvalue weighted by molar-refractivity contribution is 7.21. The van der Waals surface area contributed by atoms with Gasteiger partial charge in [0.25, 0.3) is 5.91 Å². The van der Waals surface area contributed by atoms with Crippen molar-refractivity contribution in [1.82, 2.24) is 10.2 Å². The summed E-state index contributed by atoms with van der Waals surface area (Å²) in [5.74, 6) is -1.57. The van der Waals surface area contributed by atoms with E-state index in [9.17, 15) is 18.4 Å². The molecule has 0 atom stereocenters. The minimum absolute atomic E-state index is 0.00460. The summed E-state index contributed by atoms with van der Waals surface area (Å²) in [6.45, 7) is 1.86. The topological polar surface area (TPSA) is 49.4 Å². The first-order valence-corrected chi connectivity index (χ1v) is 14.2. The molecule has 3 aromatic carbocycles. The summed E-state index contributed by atoms with van der Waals surface area (Å²) in [6, 6.07) is 17.8. The van der Waals surface area contributed by atoms with Gasteiger partial charge < -0.3 is 10.2 Å². The normalized spacial score (nSPS) is 17.4. The highest BCUT2D eigenvalue weighted by atomic mass is 35.5. The van der Waals surface area contributed by atoms with Crippen molar-refractivity contribution in [1.29, 1.82) is 0 Å². The summed E-state index contributed by atoms with van der Waals surface area (Å²) in [7, 11) is 1.95. The van der Waals surface area contributed by atoms with Gasteiger partial charge in [0, 0.05) is 24.2 Å². The van der Waals surface area contributed by atoms with Crippen LogP contribution < -0.4 is 5.32 Å². The molecule has 1 heterocycles. The highest BCUT2D eigenvalue weighted by Crippen LogP contribution is 2.40. The number of carbonyl (C=O) groups is 2. The van der Waals surface area contributed by atoms with Crippen molar-refractivity contribution in [3.05, 3.63) is 93.3 Å². The van der Waals surface area contributed by atoms with Gasteiger partial charge in [0.15, 0.2) is 5.78 Å². The molecule has 39 heavy (non-hydrogen) atoms. The number of amides is 1. The van der Waals surface area contributed by atoms with E-state index in [0.29, 0.717) is 18.2 Å². The lowest BCUT2D eigenvalue weighted by Gasteiger charge is -2.37. The monoisotopic (exact) mass is 566 g/mol. The Morgan fingerprint density at radius 3 is 2.31 bits per heavy atom. The Kier molecular flexibility index (Phi) is 8.12. The fourth-order valence-corrected chi connectivity index (χ4v) is 6.88. The minimum atomic E-state index is -0.645. The van der Waals surface area contributed by atoms with Crippen molar-refractivity contribution in [2.24, 2.45) is 0 Å². The fraction of sp³-hybridized carbons (Fsp3) is 0.290. The van der Waals surface area contributed by atoms with Gasteiger partial charge in [-0.05, 0) is 80.6 Å². The molecule has 1 aliphatic carbocycles. The Bertz CT molecular complexity index is 1550. The number of hydrogen-bond donors (Lipinski definition) is 1. The molecule has 202 valence electrons. The first-order chi connectivity index (χ1) is 18.8. The lowest BCUT2D eigenvalue weighted by molar-refractivity contribution is 0.0606. The third-order valence-electron chi connectivity index (χ3n) is 7.56. The average Bonchev–Trinajstić information content (AvgIpc) is 3.32. The molecular weight excluding hydrogens is 538 g/mol. The molecule has 5 rings (SSSR count). The second kappa shape index (κ2) is 11.5. The summed E-state index contributed by atoms with van der Waals surface area (Å²) in [6.07, 6.45) is 3.46. The van der Waals surface area contributed by atoms with Gasteiger partial charge in [-0.25, -0.2) is 8.78 Å². The molecule has 4 aromatic rings. The number of hydrogen-bond acceptors (Lipinski definition) is 4. The number of ketones is 1. The molecule has 8 heteroatoms. The van der Waals surface area contributed by atoms with Crippen molar-refractivity contribution >= 4 is 44.7 Å². The Morgan fingerprint density at radius 1 is 0.974 bits per heavy atom. The lowest BCUT2D eigenvalue weighted by atomic mass is 9.89. The lowest BCUT2D eigenvalue weighted by Crippen LogP contribution is -2.44. The van der Waals surface area contributed by atoms with Crippen LogP contribution in [-0.4, -0.2) is 35.7 Å². The molecule has 1 amide bonds. The van der Waals surface area contributed by atoms with Crippen LogP contribution in [0, 0.1) is 11.6 Å². The van der Waals surface area contributed by atoms with Gasteiger partial charge in [-0.15, -0.1) is 11.3 Å². The van der Waals surface area contributed by atoms with Gasteiger partial charge in [0.2, 0.25) is 0 Å². The van der Waals surface area contributed by atoms with Gasteiger partial charge in [-0.2, -0.15) is 0 Å². The number of carbonyl (C=O) groups excluding carboxylic acids is 2. The average molecular weight is 567 g/mol. The van der Waals surface area contributed by atoms with Crippen molar-refractivity contribution < 1.29 is 18.4 Å². The van der Waals surface area contributed by atoms with Crippen molar-refractivity contribution in [3.63, 3.8) is 0 Å². The zero-order valence-corrected chi connectivity index (χ0v) is 23.3. The van der Waals surface area contributed by atoms with Crippen LogP contribution in [0.15, 0.2) is 60.7 Å². The molecule has 0 bridgehead atoms. The van der Waals surface area contributed by atoms with Crippen LogP contribution in [0.3, 0.4) is 0 Å². The Hall–Kier alpha value is -3.13. The number of Topliss-reactive ketones (excluding diaryl/α,β-unsaturated/α-hetero) is 1. The highest BCUT2D eigenvalue weighted by Gasteiger charge is 2.32. The van der Waals surface area contributed by atoms with E-state index in [1.807, 2.05) is 54.4 Å². The summed E-state index contributed by atoms with van der Waals surface area (Å²) < 4.78 is 29.1. The van der Waals surface area contributed by atoms with Crippen LogP contribution in [-0.2, 0) is 6.54 Å². The van der Waals surface area contributed by atoms with Crippen molar-refractivity contribution in [2.45, 2.75) is 51.2 Å². The number of thiophene rings is 1. The molecule has 0 unspecified atom stereocenters. The zero-order chi connectivity index (χ0) is 27.7. The number of halogens is 3. The number of nitrogens with one attached hydrogen (secondary N) is 1. The SMILES string of the molecule is CNC1CCC(N(Cc2cccc(-c3cccc(C(C)=O)c3)c2)C(=O)c2sc3c(F)ccc(F)c3c2Cl)CC1. The molecule has 0 aliphatic heterocycles. The van der Waals surface area contributed by atoms with Gasteiger partial charge >= 0.3 is 0 Å². The summed E-state index contributed by atoms with van der Waals surface area (Å²) in [4.78, 5) is 27.9. The molecule has 1 aliphatic rings. The maximum absolute atomic E-state index is 14.6. The first-order valence-electron chi connectivity index (χ1n) is 13.0. The quantitative estimate of drug-likeness (QED) is 0.232. The van der Waals surface area contributed by atoms with Crippen LogP contribution in [0.5, 0.6) is 0 Å². The molecule has 0 spiro atoms. The van der Waals surface area contributed by atoms with E-state index in [0.717, 1.165) is 65.8 Å². The molecule has 1 fully saturated rings. The molecule has 1 saturated carbocycles. The third-order valence-corrected chi connectivity index (χ3v) is 9.24. The van der Waals surface area contributed by atoms with Crippen molar-refractivity contribution in [3.8, 4) is 11.1 Å². The van der Waals surface area contributed by atoms with E-state index in [1.54, 1.807) is 13.0 Å². The number of fused-ring (bicyclic) bond motifs is 1. The predicted molar refractivity (Wildman–Crippen MR) is 154 cm³/mol. The Labute approximate surface area is 235 Å². The van der Waals surface area contributed by atoms with Crippen LogP contribution in [0.25, 0.3) is 21.2 Å². The van der Waals surface area contributed by atoms with Crippen LogP contribution in [0.2, 0.25) is 5.02 Å². The summed E-state index contributed by atoms with van der Waals surface area (Å²) >= 11 is 7.43. The maximum atomic E-state index is 14.6. The van der Waals surface area contributed by atoms with Gasteiger partial charge in [-0.1, -0.05) is 48.0 Å². The van der Waals surface area contributed by atoms with Gasteiger partial charge in [0.05, 0.1) is 15.1 Å². The van der Waals surface area contributed by atoms with E-state index in [-0.39, 0.29) is 37.7 Å². The van der Waals surface area contributed by atoms with Gasteiger partial charge in [0.1, 0.15) is 16.5 Å². The Morgan fingerprint density at radius 2 is 1.64 bits per heavy atom. The van der Waals surface area contributed by atoms with E-state index in [1.165, 1.54) is 0 Å². The van der Waals surface area contributed by atoms with Crippen molar-refractivity contribution in [2.75, 3.05) is 7.05 Å². The zero-order valence-electron chi connectivity index (χ0n) is 21.8. The second-order valence-corrected chi connectivity index (χ2v) is 11.4. The standard InChI is InChI=1S/C31H29ClF2N2O2S/c1-18(37)20-6-4-8-22(16-20)21-7-3-5-19(15-21)17-36(24-11-9-23(35-2)10-12-24)31(38)30-28(32)27-25(33)13-14-26(34)29(27)39-30/h3-8,13-16,23-24,35H,9-12,17H2,1-2H3. The maximum Gasteiger partial charge on any atom is 0.266 e. The minimum Gasteiger partial charge on any atom is -0.331 e. The number of benzene rings is 3. The molecule has 0 saturated heterocycles. The van der Waals surface area contributed by atoms with E-state index < -0.39 is 11.6 Å². The van der Waals surface area contributed by atoms with Crippen LogP contribution in [0.4, 0.5) is 8.78 Å². The number of rotatable bonds is 7. The van der Waals surface area contributed by atoms with Crippen LogP contribution >= 0.6 is 22.9 Å². The molecule has 0 radical (unpaired) electrons. The molecule has 1 aromatic heterocycles. The summed E-state index contributed by atoms with van der Waals surface area (Å²) in [5, 5.41) is 3.24. The predicted octanol–water partition coefficient (Wildman–Crippen LogP) is 7.88. The van der Waals surface area contributed by atoms with E-state index in [4.69, 9.17) is 11.6 Å². The van der Waals surface area contributed by atoms with E-state index in [2.05, 4.69) is 5.32 Å². The molecule has 4 nitrogen and oxygen atoms in total.